The van der Waals surface area contributed by atoms with Gasteiger partial charge in [0.1, 0.15) is 0 Å². The molecule has 18 N–H and O–H groups in total. The lowest BCUT2D eigenvalue weighted by Crippen LogP contribution is -2.27. The van der Waals surface area contributed by atoms with Crippen LogP contribution in [0.2, 0.25) is 0 Å². The van der Waals surface area contributed by atoms with Crippen molar-refractivity contribution >= 4 is 113 Å². The predicted octanol–water partition coefficient (Wildman–Crippen LogP) is 5.04. The van der Waals surface area contributed by atoms with Crippen LogP contribution in [0.1, 0.15) is 272 Å². The summed E-state index contributed by atoms with van der Waals surface area (Å²) in [5, 5.41) is 162. The van der Waals surface area contributed by atoms with Gasteiger partial charge in [-0.3, -0.25) is 0 Å². The Bertz CT molecular complexity index is 2740. The van der Waals surface area contributed by atoms with Crippen LogP contribution in [0.4, 0.5) is 0 Å². The van der Waals surface area contributed by atoms with Gasteiger partial charge in [0, 0.05) is 5.57 Å². The summed E-state index contributed by atoms with van der Waals surface area (Å²) in [6.45, 7) is 8.93. The number of carbonyl (C=O) groups excluding carboxylic acids is 1. The molecule has 0 amide bonds. The van der Waals surface area contributed by atoms with Crippen LogP contribution in [-0.4, -0.2) is 212 Å². The molecule has 38 nitrogen and oxygen atoms in total. The van der Waals surface area contributed by atoms with E-state index in [1.807, 2.05) is 6.92 Å². The number of carbonyl (C=O) groups is 19. The number of esters is 1. The van der Waals surface area contributed by atoms with Crippen LogP contribution in [0.25, 0.3) is 0 Å². The van der Waals surface area contributed by atoms with E-state index >= 15 is 0 Å². The number of carboxylic acid groups (broad SMARTS) is 18. The van der Waals surface area contributed by atoms with Crippen molar-refractivity contribution in [2.45, 2.75) is 85.5 Å². The lowest BCUT2D eigenvalue weighted by atomic mass is 9.86. The monoisotopic (exact) mass is 1290 g/mol. The number of carboxylic acids is 18. The highest BCUT2D eigenvalue weighted by Gasteiger charge is 2.44. The highest BCUT2D eigenvalue weighted by Crippen LogP contribution is 2.34. The van der Waals surface area contributed by atoms with Gasteiger partial charge in [-0.05, 0) is 45.4 Å². The van der Waals surface area contributed by atoms with Gasteiger partial charge in [-0.1, -0.05) is 45.6 Å². The summed E-state index contributed by atoms with van der Waals surface area (Å²) in [6, 6.07) is 0. The van der Waals surface area contributed by atoms with Crippen LogP contribution in [0.15, 0.2) is 11.1 Å². The molecule has 0 fully saturated rings. The number of hydrogen-bond donors (Lipinski definition) is 18. The Labute approximate surface area is 503 Å². The van der Waals surface area contributed by atoms with E-state index in [0.717, 1.165) is 37.7 Å². The molecule has 0 aromatic heterocycles. The fourth-order valence-electron chi connectivity index (χ4n) is 8.30. The lowest BCUT2D eigenvalue weighted by molar-refractivity contribution is -0.138. The highest BCUT2D eigenvalue weighted by atomic mass is 16.5. The number of ether oxygens (including phenoxy) is 1. The Morgan fingerprint density at radius 1 is 0.220 bits per heavy atom. The van der Waals surface area contributed by atoms with Gasteiger partial charge in [0.2, 0.25) is 0 Å². The smallest absolute Gasteiger partial charge is 0.337 e. The van der Waals surface area contributed by atoms with Crippen LogP contribution < -0.4 is 0 Å². The van der Waals surface area contributed by atoms with Gasteiger partial charge < -0.3 is 96.7 Å². The number of benzene rings is 3. The second kappa shape index (κ2) is 33.9. The topological polar surface area (TPSA) is 698 Å². The summed E-state index contributed by atoms with van der Waals surface area (Å²) >= 11 is 0. The number of hydrogen-bond acceptors (Lipinski definition) is 20. The van der Waals surface area contributed by atoms with Gasteiger partial charge in [0.25, 0.3) is 0 Å². The van der Waals surface area contributed by atoms with E-state index in [-0.39, 0.29) is 5.97 Å². The molecule has 3 aromatic carbocycles. The molecule has 0 saturated heterocycles. The van der Waals surface area contributed by atoms with E-state index in [9.17, 15) is 91.1 Å². The summed E-state index contributed by atoms with van der Waals surface area (Å²) in [4.78, 5) is 214. The first kappa shape index (κ1) is 78.3. The molecule has 0 unspecified atom stereocenters. The van der Waals surface area contributed by atoms with Crippen molar-refractivity contribution < 1.29 is 188 Å². The SMILES string of the molecule is CCCCC(CCCC)=C(CCCC)C(=O)OCC.O=C(O)c1c(C(=O)O)c(C(=O)O)c(C(=O)O)c(C(=O)O)c1C(=O)O.O=C(O)c1c(C(=O)O)c(C(=O)O)c(C(=O)O)c(C(=O)O)c1C(=O)O.O=C(O)c1c(C(=O)O)c(C(=O)O)c(C(=O)O)c(C(=O)O)c1C(=O)O. The summed E-state index contributed by atoms with van der Waals surface area (Å²) in [7, 11) is 0. The lowest BCUT2D eigenvalue weighted by Gasteiger charge is -2.15. The van der Waals surface area contributed by atoms with Crippen molar-refractivity contribution in [3.63, 3.8) is 0 Å². The molecule has 3 rings (SSSR count). The van der Waals surface area contributed by atoms with E-state index in [1.54, 1.807) is 0 Å². The Hall–Kier alpha value is -12.7. The third-order valence-corrected chi connectivity index (χ3v) is 11.7. The fourth-order valence-corrected chi connectivity index (χ4v) is 8.30. The molecule has 0 bridgehead atoms. The first-order valence-electron chi connectivity index (χ1n) is 24.8. The molecule has 0 aliphatic rings. The van der Waals surface area contributed by atoms with Crippen LogP contribution >= 0.6 is 0 Å². The molecule has 0 aliphatic carbocycles. The average molecular weight is 1290 g/mol. The minimum atomic E-state index is -2.26. The molecule has 0 saturated carbocycles. The zero-order chi connectivity index (χ0) is 71.3. The average Bonchev–Trinajstić information content (AvgIpc) is 0.772. The highest BCUT2D eigenvalue weighted by molar-refractivity contribution is 6.26. The van der Waals surface area contributed by atoms with Gasteiger partial charge in [0.05, 0.1) is 107 Å². The number of allylic oxidation sites excluding steroid dienone is 1. The summed E-state index contributed by atoms with van der Waals surface area (Å²) in [5.41, 5.74) is -27.5. The van der Waals surface area contributed by atoms with Gasteiger partial charge in [0.15, 0.2) is 0 Å². The molecule has 0 aliphatic heterocycles. The fraction of sp³-hybridized carbons (Fsp3) is 0.264. The maximum absolute atomic E-state index is 12.1. The molecule has 490 valence electrons. The second-order valence-corrected chi connectivity index (χ2v) is 17.4. The predicted molar refractivity (Wildman–Crippen MR) is 287 cm³/mol. The molecule has 3 aromatic rings. The summed E-state index contributed by atoms with van der Waals surface area (Å²) in [6.07, 6.45) is 9.93. The standard InChI is InChI=1S/C17H32O2.3C12H6O12/c1-5-9-12-15(13-10-6-2)16(14-11-7-3)17(18)19-8-4;3*13-7(14)1-2(8(15)16)4(10(19)20)6(12(23)24)5(11(21)22)3(1)9(17)18/h5-14H2,1-4H3;3*(H,13,14)(H,15,16)(H,17,18)(H,19,20)(H,21,22)(H,23,24). The molecular formula is C53H50O38. The second-order valence-electron chi connectivity index (χ2n) is 17.4. The van der Waals surface area contributed by atoms with E-state index in [1.165, 1.54) is 31.3 Å². The zero-order valence-electron chi connectivity index (χ0n) is 46.8. The zero-order valence-corrected chi connectivity index (χ0v) is 46.8. The maximum atomic E-state index is 12.1. The summed E-state index contributed by atoms with van der Waals surface area (Å²) in [5.74, 6) is -40.7. The molecule has 0 spiro atoms. The maximum Gasteiger partial charge on any atom is 0.337 e. The van der Waals surface area contributed by atoms with Crippen molar-refractivity contribution in [2.75, 3.05) is 6.61 Å². The van der Waals surface area contributed by atoms with Crippen molar-refractivity contribution in [1.82, 2.24) is 0 Å². The Kier molecular flexibility index (Phi) is 29.2. The van der Waals surface area contributed by atoms with Gasteiger partial charge in [-0.25, -0.2) is 91.1 Å². The van der Waals surface area contributed by atoms with Crippen LogP contribution in [0, 0.1) is 0 Å². The van der Waals surface area contributed by atoms with E-state index in [0.29, 0.717) is 6.61 Å². The largest absolute Gasteiger partial charge is 0.478 e. The quantitative estimate of drug-likeness (QED) is 0.0319. The van der Waals surface area contributed by atoms with Gasteiger partial charge >= 0.3 is 113 Å². The first-order valence-corrected chi connectivity index (χ1v) is 24.8. The number of rotatable bonds is 29. The van der Waals surface area contributed by atoms with Crippen molar-refractivity contribution in [2.24, 2.45) is 0 Å². The van der Waals surface area contributed by atoms with Crippen LogP contribution in [0.5, 0.6) is 0 Å². The van der Waals surface area contributed by atoms with Crippen molar-refractivity contribution in [3.8, 4) is 0 Å². The van der Waals surface area contributed by atoms with Crippen molar-refractivity contribution in [1.29, 1.82) is 0 Å². The van der Waals surface area contributed by atoms with Crippen LogP contribution in [-0.2, 0) is 9.53 Å². The van der Waals surface area contributed by atoms with E-state index in [4.69, 9.17) is 96.7 Å². The van der Waals surface area contributed by atoms with E-state index in [2.05, 4.69) is 20.8 Å². The van der Waals surface area contributed by atoms with Crippen LogP contribution in [0.3, 0.4) is 0 Å². The Balaban J connectivity index is 0.00000119. The minimum absolute atomic E-state index is 0.0712. The third-order valence-electron chi connectivity index (χ3n) is 11.7. The first-order chi connectivity index (χ1) is 42.0. The molecule has 0 heterocycles. The molecule has 0 radical (unpaired) electrons. The summed E-state index contributed by atoms with van der Waals surface area (Å²) < 4.78 is 5.25. The van der Waals surface area contributed by atoms with Crippen molar-refractivity contribution in [3.05, 3.63) is 111 Å². The molecular weight excluding hydrogens is 1240 g/mol. The number of unbranched alkanes of at least 4 members (excludes halogenated alkanes) is 3. The molecule has 38 heteroatoms. The Morgan fingerprint density at radius 3 is 0.440 bits per heavy atom. The third kappa shape index (κ3) is 18.4. The van der Waals surface area contributed by atoms with E-state index < -0.39 is 208 Å². The molecule has 91 heavy (non-hydrogen) atoms. The molecule has 0 atom stereocenters. The number of aromatic carboxylic acids is 18. The Morgan fingerprint density at radius 2 is 0.341 bits per heavy atom. The van der Waals surface area contributed by atoms with Gasteiger partial charge in [-0.2, -0.15) is 0 Å². The minimum Gasteiger partial charge on any atom is -0.478 e. The van der Waals surface area contributed by atoms with Gasteiger partial charge in [-0.15, -0.1) is 0 Å². The normalized spacial score (nSPS) is 10.1.